The van der Waals surface area contributed by atoms with Crippen LogP contribution in [0.5, 0.6) is 0 Å². The van der Waals surface area contributed by atoms with Crippen LogP contribution in [0.4, 0.5) is 5.69 Å². The summed E-state index contributed by atoms with van der Waals surface area (Å²) in [5, 5.41) is 4.25. The molecule has 3 nitrogen and oxygen atoms in total. The first-order valence-corrected chi connectivity index (χ1v) is 6.65. The lowest BCUT2D eigenvalue weighted by Crippen LogP contribution is -2.00. The maximum Gasteiger partial charge on any atom is 0.140 e. The van der Waals surface area contributed by atoms with Crippen LogP contribution in [0.2, 0.25) is 0 Å². The number of hydrogen-bond acceptors (Lipinski definition) is 3. The van der Waals surface area contributed by atoms with Crippen LogP contribution in [0.1, 0.15) is 5.56 Å². The molecule has 2 N–H and O–H groups in total. The van der Waals surface area contributed by atoms with Gasteiger partial charge in [0.2, 0.25) is 0 Å². The zero-order valence-electron chi connectivity index (χ0n) is 9.78. The van der Waals surface area contributed by atoms with E-state index in [0.717, 1.165) is 23.6 Å². The van der Waals surface area contributed by atoms with Gasteiger partial charge in [-0.1, -0.05) is 0 Å². The second-order valence-corrected chi connectivity index (χ2v) is 4.91. The Morgan fingerprint density at radius 2 is 2.00 bits per heavy atom. The molecule has 18 heavy (non-hydrogen) atoms. The summed E-state index contributed by atoms with van der Waals surface area (Å²) in [5.74, 6) is 0.973. The van der Waals surface area contributed by atoms with E-state index in [9.17, 15) is 0 Å². The fraction of sp³-hybridized carbons (Fsp3) is 0.0714. The van der Waals surface area contributed by atoms with Gasteiger partial charge >= 0.3 is 0 Å². The molecule has 2 aromatic heterocycles. The number of rotatable bonds is 3. The van der Waals surface area contributed by atoms with Crippen molar-refractivity contribution in [2.24, 2.45) is 0 Å². The summed E-state index contributed by atoms with van der Waals surface area (Å²) in [5.41, 5.74) is 8.86. The van der Waals surface area contributed by atoms with Crippen LogP contribution in [-0.4, -0.2) is 9.55 Å². The van der Waals surface area contributed by atoms with Crippen molar-refractivity contribution in [2.45, 2.75) is 6.54 Å². The van der Waals surface area contributed by atoms with Gasteiger partial charge in [0.05, 0.1) is 0 Å². The highest BCUT2D eigenvalue weighted by Gasteiger charge is 2.06. The minimum atomic E-state index is 0.773. The summed E-state index contributed by atoms with van der Waals surface area (Å²) < 4.78 is 2.15. The third kappa shape index (κ3) is 2.15. The van der Waals surface area contributed by atoms with Crippen LogP contribution in [-0.2, 0) is 6.54 Å². The number of anilines is 1. The van der Waals surface area contributed by atoms with Gasteiger partial charge in [-0.05, 0) is 46.7 Å². The number of imidazole rings is 1. The molecule has 0 saturated heterocycles. The first-order chi connectivity index (χ1) is 8.83. The Morgan fingerprint density at radius 3 is 2.72 bits per heavy atom. The normalized spacial score (nSPS) is 10.7. The molecule has 90 valence electrons. The Kier molecular flexibility index (Phi) is 2.86. The SMILES string of the molecule is Nc1ccc(-c2nccn2Cc2ccsc2)cc1. The number of nitrogen functional groups attached to an aromatic ring is 1. The molecule has 0 bridgehead atoms. The second-order valence-electron chi connectivity index (χ2n) is 4.13. The number of aromatic nitrogens is 2. The Labute approximate surface area is 110 Å². The average molecular weight is 255 g/mol. The first-order valence-electron chi connectivity index (χ1n) is 5.71. The molecule has 2 heterocycles. The fourth-order valence-corrected chi connectivity index (χ4v) is 2.57. The molecular formula is C14H13N3S. The largest absolute Gasteiger partial charge is 0.399 e. The van der Waals surface area contributed by atoms with Gasteiger partial charge in [0.25, 0.3) is 0 Å². The lowest BCUT2D eigenvalue weighted by Gasteiger charge is -2.07. The van der Waals surface area contributed by atoms with Crippen LogP contribution in [0.15, 0.2) is 53.5 Å². The quantitative estimate of drug-likeness (QED) is 0.730. The van der Waals surface area contributed by atoms with Crippen molar-refractivity contribution in [3.63, 3.8) is 0 Å². The van der Waals surface area contributed by atoms with Gasteiger partial charge in [0.1, 0.15) is 5.82 Å². The number of benzene rings is 1. The zero-order valence-corrected chi connectivity index (χ0v) is 10.6. The van der Waals surface area contributed by atoms with Gasteiger partial charge in [-0.15, -0.1) is 0 Å². The zero-order chi connectivity index (χ0) is 12.4. The molecule has 3 aromatic rings. The average Bonchev–Trinajstić information content (AvgIpc) is 3.02. The van der Waals surface area contributed by atoms with Crippen LogP contribution in [0, 0.1) is 0 Å². The molecule has 0 unspecified atom stereocenters. The summed E-state index contributed by atoms with van der Waals surface area (Å²) in [4.78, 5) is 4.42. The fourth-order valence-electron chi connectivity index (χ4n) is 1.91. The minimum absolute atomic E-state index is 0.773. The standard InChI is InChI=1S/C14H13N3S/c15-13-3-1-12(2-4-13)14-16-6-7-17(14)9-11-5-8-18-10-11/h1-8,10H,9,15H2. The van der Waals surface area contributed by atoms with Crippen molar-refractivity contribution >= 4 is 17.0 Å². The first kappa shape index (κ1) is 11.0. The second kappa shape index (κ2) is 4.66. The molecule has 0 fully saturated rings. The van der Waals surface area contributed by atoms with Gasteiger partial charge in [-0.2, -0.15) is 11.3 Å². The Balaban J connectivity index is 1.94. The monoisotopic (exact) mass is 255 g/mol. The minimum Gasteiger partial charge on any atom is -0.399 e. The summed E-state index contributed by atoms with van der Waals surface area (Å²) in [6.07, 6.45) is 3.83. The highest BCUT2D eigenvalue weighted by molar-refractivity contribution is 7.07. The van der Waals surface area contributed by atoms with Crippen LogP contribution in [0.3, 0.4) is 0 Å². The highest BCUT2D eigenvalue weighted by atomic mass is 32.1. The van der Waals surface area contributed by atoms with Crippen molar-refractivity contribution in [3.8, 4) is 11.4 Å². The molecule has 0 amide bonds. The molecule has 0 saturated carbocycles. The van der Waals surface area contributed by atoms with Crippen molar-refractivity contribution in [3.05, 3.63) is 59.0 Å². The Morgan fingerprint density at radius 1 is 1.17 bits per heavy atom. The smallest absolute Gasteiger partial charge is 0.140 e. The van der Waals surface area contributed by atoms with Gasteiger partial charge in [0.15, 0.2) is 0 Å². The Bertz CT molecular complexity index is 623. The maximum atomic E-state index is 5.70. The van der Waals surface area contributed by atoms with E-state index in [-0.39, 0.29) is 0 Å². The summed E-state index contributed by atoms with van der Waals surface area (Å²) in [6, 6.07) is 9.94. The van der Waals surface area contributed by atoms with Crippen LogP contribution < -0.4 is 5.73 Å². The molecule has 4 heteroatoms. The van der Waals surface area contributed by atoms with E-state index >= 15 is 0 Å². The molecular weight excluding hydrogens is 242 g/mol. The van der Waals surface area contributed by atoms with Gasteiger partial charge in [-0.25, -0.2) is 4.98 Å². The number of nitrogens with zero attached hydrogens (tertiary/aromatic N) is 2. The van der Waals surface area contributed by atoms with E-state index in [1.54, 1.807) is 11.3 Å². The van der Waals surface area contributed by atoms with Crippen LogP contribution >= 0.6 is 11.3 Å². The Hall–Kier alpha value is -2.07. The number of nitrogens with two attached hydrogens (primary N) is 1. The third-order valence-electron chi connectivity index (χ3n) is 2.82. The van der Waals surface area contributed by atoms with E-state index in [0.29, 0.717) is 0 Å². The van der Waals surface area contributed by atoms with Gasteiger partial charge in [-0.3, -0.25) is 0 Å². The molecule has 0 spiro atoms. The molecule has 0 aliphatic heterocycles. The van der Waals surface area contributed by atoms with Gasteiger partial charge in [0, 0.05) is 30.2 Å². The molecule has 0 aliphatic rings. The summed E-state index contributed by atoms with van der Waals surface area (Å²) >= 11 is 1.71. The van der Waals surface area contributed by atoms with E-state index < -0.39 is 0 Å². The molecule has 0 radical (unpaired) electrons. The van der Waals surface area contributed by atoms with Gasteiger partial charge < -0.3 is 10.3 Å². The summed E-state index contributed by atoms with van der Waals surface area (Å²) in [7, 11) is 0. The van der Waals surface area contributed by atoms with Crippen LogP contribution in [0.25, 0.3) is 11.4 Å². The predicted octanol–water partition coefficient (Wildman–Crippen LogP) is 3.24. The molecule has 1 aromatic carbocycles. The van der Waals surface area contributed by atoms with E-state index in [1.165, 1.54) is 5.56 Å². The lowest BCUT2D eigenvalue weighted by atomic mass is 10.2. The molecule has 0 atom stereocenters. The summed E-state index contributed by atoms with van der Waals surface area (Å²) in [6.45, 7) is 0.850. The van der Waals surface area contributed by atoms with E-state index in [4.69, 9.17) is 5.73 Å². The molecule has 0 aliphatic carbocycles. The molecule has 3 rings (SSSR count). The van der Waals surface area contributed by atoms with Crippen molar-refractivity contribution in [1.82, 2.24) is 9.55 Å². The maximum absolute atomic E-state index is 5.70. The topological polar surface area (TPSA) is 43.8 Å². The van der Waals surface area contributed by atoms with Crippen molar-refractivity contribution in [1.29, 1.82) is 0 Å². The highest BCUT2D eigenvalue weighted by Crippen LogP contribution is 2.20. The third-order valence-corrected chi connectivity index (χ3v) is 3.55. The van der Waals surface area contributed by atoms with Crippen molar-refractivity contribution in [2.75, 3.05) is 5.73 Å². The van der Waals surface area contributed by atoms with E-state index in [1.807, 2.05) is 36.7 Å². The predicted molar refractivity (Wildman–Crippen MR) is 75.5 cm³/mol. The van der Waals surface area contributed by atoms with Crippen molar-refractivity contribution < 1.29 is 0 Å². The lowest BCUT2D eigenvalue weighted by molar-refractivity contribution is 0.810. The number of thiophene rings is 1. The van der Waals surface area contributed by atoms with E-state index in [2.05, 4.69) is 26.4 Å². The number of hydrogen-bond donors (Lipinski definition) is 1.